The van der Waals surface area contributed by atoms with E-state index in [9.17, 15) is 0 Å². The van der Waals surface area contributed by atoms with Gasteiger partial charge in [0.1, 0.15) is 0 Å². The lowest BCUT2D eigenvalue weighted by atomic mass is 10.2. The van der Waals surface area contributed by atoms with Crippen LogP contribution in [0.3, 0.4) is 0 Å². The predicted molar refractivity (Wildman–Crippen MR) is 65.2 cm³/mol. The van der Waals surface area contributed by atoms with Crippen molar-refractivity contribution < 1.29 is 5.11 Å². The molecule has 86 valence electrons. The summed E-state index contributed by atoms with van der Waals surface area (Å²) < 4.78 is 0. The number of likely N-dealkylation sites (N-methyl/N-ethyl adjacent to an activating group) is 1. The van der Waals surface area contributed by atoms with Crippen LogP contribution in [0.4, 0.5) is 0 Å². The Morgan fingerprint density at radius 2 is 2.27 bits per heavy atom. The summed E-state index contributed by atoms with van der Waals surface area (Å²) in [6, 6.07) is 4.51. The first-order valence-corrected chi connectivity index (χ1v) is 6.15. The van der Waals surface area contributed by atoms with Gasteiger partial charge in [0.15, 0.2) is 0 Å². The Morgan fingerprint density at radius 3 is 2.67 bits per heavy atom. The van der Waals surface area contributed by atoms with Gasteiger partial charge < -0.3 is 10.8 Å². The molecular weight excluding hydrogens is 208 g/mol. The van der Waals surface area contributed by atoms with Gasteiger partial charge in [-0.3, -0.25) is 4.90 Å². The molecule has 0 fully saturated rings. The van der Waals surface area contributed by atoms with Crippen molar-refractivity contribution in [2.24, 2.45) is 5.73 Å². The van der Waals surface area contributed by atoms with Gasteiger partial charge in [0.25, 0.3) is 0 Å². The maximum Gasteiger partial charge on any atom is 0.0565 e. The molecule has 4 heteroatoms. The highest BCUT2D eigenvalue weighted by Crippen LogP contribution is 2.26. The van der Waals surface area contributed by atoms with Crippen molar-refractivity contribution in [2.45, 2.75) is 19.9 Å². The van der Waals surface area contributed by atoms with Gasteiger partial charge in [-0.15, -0.1) is 11.3 Å². The third kappa shape index (κ3) is 3.28. The maximum absolute atomic E-state index is 8.99. The molecule has 0 saturated carbocycles. The van der Waals surface area contributed by atoms with Gasteiger partial charge in [0.2, 0.25) is 0 Å². The van der Waals surface area contributed by atoms with E-state index in [1.807, 2.05) is 0 Å². The zero-order valence-corrected chi connectivity index (χ0v) is 10.3. The Hall–Kier alpha value is -0.420. The Labute approximate surface area is 95.5 Å². The number of rotatable bonds is 6. The molecule has 0 radical (unpaired) electrons. The lowest BCUT2D eigenvalue weighted by molar-refractivity contribution is 0.161. The van der Waals surface area contributed by atoms with Crippen LogP contribution in [0.5, 0.6) is 0 Å². The molecule has 0 bridgehead atoms. The Kier molecular flexibility index (Phi) is 5.25. The SMILES string of the molecule is CCN(CCO)C(CN)c1ccc(C)s1. The van der Waals surface area contributed by atoms with Gasteiger partial charge >= 0.3 is 0 Å². The summed E-state index contributed by atoms with van der Waals surface area (Å²) in [5, 5.41) is 8.99. The van der Waals surface area contributed by atoms with Crippen molar-refractivity contribution in [1.82, 2.24) is 4.90 Å². The minimum absolute atomic E-state index is 0.189. The quantitative estimate of drug-likeness (QED) is 0.773. The average Bonchev–Trinajstić information content (AvgIpc) is 2.64. The van der Waals surface area contributed by atoms with E-state index in [-0.39, 0.29) is 12.6 Å². The van der Waals surface area contributed by atoms with Crippen molar-refractivity contribution in [3.63, 3.8) is 0 Å². The number of hydrogen-bond donors (Lipinski definition) is 2. The first kappa shape index (κ1) is 12.6. The molecule has 0 aliphatic rings. The molecule has 1 atom stereocenters. The molecule has 0 spiro atoms. The van der Waals surface area contributed by atoms with Crippen LogP contribution >= 0.6 is 11.3 Å². The lowest BCUT2D eigenvalue weighted by Gasteiger charge is -2.28. The number of nitrogens with zero attached hydrogens (tertiary/aromatic N) is 1. The van der Waals surface area contributed by atoms with E-state index in [1.54, 1.807) is 11.3 Å². The van der Waals surface area contributed by atoms with E-state index < -0.39 is 0 Å². The second-order valence-electron chi connectivity index (χ2n) is 3.55. The first-order valence-electron chi connectivity index (χ1n) is 5.34. The van der Waals surface area contributed by atoms with Gasteiger partial charge in [0, 0.05) is 22.8 Å². The molecule has 1 unspecified atom stereocenters. The molecular formula is C11H20N2OS. The van der Waals surface area contributed by atoms with E-state index in [1.165, 1.54) is 9.75 Å². The van der Waals surface area contributed by atoms with Crippen LogP contribution in [0.15, 0.2) is 12.1 Å². The Bertz CT molecular complexity index is 288. The van der Waals surface area contributed by atoms with Crippen molar-refractivity contribution in [2.75, 3.05) is 26.2 Å². The van der Waals surface area contributed by atoms with Gasteiger partial charge in [-0.25, -0.2) is 0 Å². The van der Waals surface area contributed by atoms with E-state index in [2.05, 4.69) is 30.9 Å². The topological polar surface area (TPSA) is 49.5 Å². The second-order valence-corrected chi connectivity index (χ2v) is 4.87. The number of thiophene rings is 1. The van der Waals surface area contributed by atoms with E-state index in [0.29, 0.717) is 13.1 Å². The van der Waals surface area contributed by atoms with Crippen LogP contribution in [0, 0.1) is 6.92 Å². The third-order valence-corrected chi connectivity index (χ3v) is 3.65. The molecule has 0 saturated heterocycles. The first-order chi connectivity index (χ1) is 7.22. The van der Waals surface area contributed by atoms with Crippen molar-refractivity contribution >= 4 is 11.3 Å². The molecule has 3 nitrogen and oxygen atoms in total. The fourth-order valence-corrected chi connectivity index (χ4v) is 2.77. The predicted octanol–water partition coefficient (Wildman–Crippen LogP) is 1.37. The van der Waals surface area contributed by atoms with Gasteiger partial charge in [0.05, 0.1) is 12.6 Å². The van der Waals surface area contributed by atoms with Crippen LogP contribution < -0.4 is 5.73 Å². The monoisotopic (exact) mass is 228 g/mol. The Balaban J connectivity index is 2.76. The molecule has 0 aliphatic carbocycles. The average molecular weight is 228 g/mol. The number of nitrogens with two attached hydrogens (primary N) is 1. The summed E-state index contributed by atoms with van der Waals surface area (Å²) in [6.07, 6.45) is 0. The van der Waals surface area contributed by atoms with E-state index in [0.717, 1.165) is 6.54 Å². The zero-order chi connectivity index (χ0) is 11.3. The van der Waals surface area contributed by atoms with E-state index in [4.69, 9.17) is 10.8 Å². The summed E-state index contributed by atoms with van der Waals surface area (Å²) in [5.74, 6) is 0. The number of aliphatic hydroxyl groups excluding tert-OH is 1. The summed E-state index contributed by atoms with van der Waals surface area (Å²) in [7, 11) is 0. The fraction of sp³-hybridized carbons (Fsp3) is 0.636. The third-order valence-electron chi connectivity index (χ3n) is 2.55. The van der Waals surface area contributed by atoms with Crippen LogP contribution in [-0.2, 0) is 0 Å². The van der Waals surface area contributed by atoms with Crippen LogP contribution in [0.2, 0.25) is 0 Å². The zero-order valence-electron chi connectivity index (χ0n) is 9.44. The molecule has 1 aromatic rings. The van der Waals surface area contributed by atoms with Crippen molar-refractivity contribution in [1.29, 1.82) is 0 Å². The van der Waals surface area contributed by atoms with E-state index >= 15 is 0 Å². The summed E-state index contributed by atoms with van der Waals surface area (Å²) >= 11 is 1.79. The number of aryl methyl sites for hydroxylation is 1. The molecule has 0 aromatic carbocycles. The molecule has 0 aliphatic heterocycles. The Morgan fingerprint density at radius 1 is 1.53 bits per heavy atom. The fourth-order valence-electron chi connectivity index (χ4n) is 1.74. The summed E-state index contributed by atoms with van der Waals surface area (Å²) in [6.45, 7) is 6.60. The minimum Gasteiger partial charge on any atom is -0.395 e. The smallest absolute Gasteiger partial charge is 0.0565 e. The molecule has 1 heterocycles. The molecule has 15 heavy (non-hydrogen) atoms. The maximum atomic E-state index is 8.99. The highest BCUT2D eigenvalue weighted by atomic mass is 32.1. The highest BCUT2D eigenvalue weighted by Gasteiger charge is 2.18. The number of hydrogen-bond acceptors (Lipinski definition) is 4. The molecule has 1 aromatic heterocycles. The van der Waals surface area contributed by atoms with Gasteiger partial charge in [-0.1, -0.05) is 6.92 Å². The number of aliphatic hydroxyl groups is 1. The molecule has 0 amide bonds. The van der Waals surface area contributed by atoms with Crippen LogP contribution in [-0.4, -0.2) is 36.2 Å². The lowest BCUT2D eigenvalue weighted by Crippen LogP contribution is -2.35. The van der Waals surface area contributed by atoms with Crippen molar-refractivity contribution in [3.8, 4) is 0 Å². The molecule has 1 rings (SSSR count). The normalized spacial score (nSPS) is 13.4. The van der Waals surface area contributed by atoms with Crippen LogP contribution in [0.25, 0.3) is 0 Å². The van der Waals surface area contributed by atoms with Crippen molar-refractivity contribution in [3.05, 3.63) is 21.9 Å². The van der Waals surface area contributed by atoms with Gasteiger partial charge in [-0.2, -0.15) is 0 Å². The second kappa shape index (κ2) is 6.23. The largest absolute Gasteiger partial charge is 0.395 e. The van der Waals surface area contributed by atoms with Gasteiger partial charge in [-0.05, 0) is 25.6 Å². The summed E-state index contributed by atoms with van der Waals surface area (Å²) in [4.78, 5) is 4.82. The standard InChI is InChI=1S/C11H20N2OS/c1-3-13(6-7-14)10(8-12)11-5-4-9(2)15-11/h4-5,10,14H,3,6-8,12H2,1-2H3. The van der Waals surface area contributed by atoms with Crippen LogP contribution in [0.1, 0.15) is 22.7 Å². The summed E-state index contributed by atoms with van der Waals surface area (Å²) in [5.41, 5.74) is 5.80. The highest BCUT2D eigenvalue weighted by molar-refractivity contribution is 7.12. The molecule has 3 N–H and O–H groups in total. The minimum atomic E-state index is 0.189.